The first-order valence-electron chi connectivity index (χ1n) is 17.1. The third-order valence-electron chi connectivity index (χ3n) is 9.44. The Morgan fingerprint density at radius 1 is 0.314 bits per heavy atom. The van der Waals surface area contributed by atoms with Crippen molar-refractivity contribution in [3.63, 3.8) is 0 Å². The van der Waals surface area contributed by atoms with Crippen molar-refractivity contribution >= 4 is 21.8 Å². The third-order valence-corrected chi connectivity index (χ3v) is 9.44. The summed E-state index contributed by atoms with van der Waals surface area (Å²) in [5.74, 6) is 0.702. The second kappa shape index (κ2) is 12.9. The van der Waals surface area contributed by atoms with Gasteiger partial charge in [0.05, 0.1) is 33.8 Å². The lowest BCUT2D eigenvalue weighted by molar-refractivity contribution is 1.18. The molecule has 0 N–H and O–H groups in total. The van der Waals surface area contributed by atoms with E-state index in [1.165, 1.54) is 5.56 Å². The summed E-state index contributed by atoms with van der Waals surface area (Å²) in [7, 11) is 0. The highest BCUT2D eigenvalue weighted by Crippen LogP contribution is 2.33. The zero-order chi connectivity index (χ0) is 34.1. The Morgan fingerprint density at radius 3 is 1.31 bits per heavy atom. The minimum absolute atomic E-state index is 0.702. The molecule has 240 valence electrons. The highest BCUT2D eigenvalue weighted by atomic mass is 14.9. The van der Waals surface area contributed by atoms with Gasteiger partial charge in [0.2, 0.25) is 0 Å². The van der Waals surface area contributed by atoms with Crippen LogP contribution >= 0.6 is 0 Å². The van der Waals surface area contributed by atoms with E-state index in [0.717, 1.165) is 83.5 Å². The number of rotatable bonds is 6. The number of hydrogen-bond acceptors (Lipinski definition) is 4. The Kier molecular flexibility index (Phi) is 7.67. The molecule has 3 heterocycles. The molecule has 9 aromatic rings. The van der Waals surface area contributed by atoms with E-state index in [-0.39, 0.29) is 0 Å². The standard InChI is InChI=1S/C47H32N4/c1-31-29-42(49-46-40(31)27-25-38-26-28-41(48-45(38)46)34-11-5-2-6-12-34)37-21-17-32(18-22-37)33-19-23-39(24-20-33)47-50-43(35-13-7-3-8-14-35)30-44(51-47)36-15-9-4-10-16-36/h2-30H,1H3. The largest absolute Gasteiger partial charge is 0.245 e. The van der Waals surface area contributed by atoms with Gasteiger partial charge in [-0.3, -0.25) is 0 Å². The van der Waals surface area contributed by atoms with Crippen molar-refractivity contribution in [1.82, 2.24) is 19.9 Å². The summed E-state index contributed by atoms with van der Waals surface area (Å²) in [4.78, 5) is 20.3. The number of fused-ring (bicyclic) bond motifs is 3. The molecule has 0 spiro atoms. The second-order valence-corrected chi connectivity index (χ2v) is 12.8. The molecule has 6 aromatic carbocycles. The topological polar surface area (TPSA) is 51.6 Å². The van der Waals surface area contributed by atoms with Crippen LogP contribution in [0.1, 0.15) is 5.56 Å². The highest BCUT2D eigenvalue weighted by Gasteiger charge is 2.13. The van der Waals surface area contributed by atoms with Gasteiger partial charge in [-0.1, -0.05) is 158 Å². The third kappa shape index (κ3) is 5.94. The molecule has 0 atom stereocenters. The van der Waals surface area contributed by atoms with Crippen LogP contribution in [-0.2, 0) is 0 Å². The van der Waals surface area contributed by atoms with Gasteiger partial charge < -0.3 is 0 Å². The van der Waals surface area contributed by atoms with Crippen LogP contribution < -0.4 is 0 Å². The molecule has 0 aliphatic rings. The molecule has 0 unspecified atom stereocenters. The normalized spacial score (nSPS) is 11.2. The summed E-state index contributed by atoms with van der Waals surface area (Å²) in [6.45, 7) is 2.15. The number of aromatic nitrogens is 4. The van der Waals surface area contributed by atoms with Gasteiger partial charge in [0.15, 0.2) is 5.82 Å². The molecule has 3 aromatic heterocycles. The van der Waals surface area contributed by atoms with Crippen molar-refractivity contribution in [2.75, 3.05) is 0 Å². The molecule has 0 saturated carbocycles. The van der Waals surface area contributed by atoms with Gasteiger partial charge in [0.25, 0.3) is 0 Å². The smallest absolute Gasteiger partial charge is 0.160 e. The van der Waals surface area contributed by atoms with Crippen molar-refractivity contribution in [3.8, 4) is 67.5 Å². The molecule has 0 saturated heterocycles. The van der Waals surface area contributed by atoms with Crippen LogP contribution in [0.4, 0.5) is 0 Å². The van der Waals surface area contributed by atoms with Crippen LogP contribution in [0.3, 0.4) is 0 Å². The summed E-state index contributed by atoms with van der Waals surface area (Å²) in [5.41, 5.74) is 14.2. The first-order chi connectivity index (χ1) is 25.2. The SMILES string of the molecule is Cc1cc(-c2ccc(-c3ccc(-c4nc(-c5ccccc5)cc(-c5ccccc5)n4)cc3)cc2)nc2c1ccc1ccc(-c3ccccc3)nc12. The van der Waals surface area contributed by atoms with E-state index in [9.17, 15) is 0 Å². The molecular weight excluding hydrogens is 621 g/mol. The van der Waals surface area contributed by atoms with E-state index in [0.29, 0.717) is 5.82 Å². The van der Waals surface area contributed by atoms with Gasteiger partial charge in [-0.25, -0.2) is 19.9 Å². The molecule has 51 heavy (non-hydrogen) atoms. The molecule has 0 fully saturated rings. The van der Waals surface area contributed by atoms with E-state index in [4.69, 9.17) is 19.9 Å². The molecule has 0 amide bonds. The van der Waals surface area contributed by atoms with Gasteiger partial charge in [-0.05, 0) is 41.8 Å². The zero-order valence-electron chi connectivity index (χ0n) is 28.0. The fourth-order valence-electron chi connectivity index (χ4n) is 6.69. The van der Waals surface area contributed by atoms with Gasteiger partial charge in [-0.15, -0.1) is 0 Å². The Labute approximate surface area is 296 Å². The molecule has 4 nitrogen and oxygen atoms in total. The van der Waals surface area contributed by atoms with E-state index < -0.39 is 0 Å². The summed E-state index contributed by atoms with van der Waals surface area (Å²) in [6, 6.07) is 60.8. The summed E-state index contributed by atoms with van der Waals surface area (Å²) in [5, 5.41) is 2.20. The molecule has 4 heteroatoms. The minimum atomic E-state index is 0.702. The number of benzene rings is 6. The minimum Gasteiger partial charge on any atom is -0.245 e. The van der Waals surface area contributed by atoms with E-state index in [1.54, 1.807) is 0 Å². The van der Waals surface area contributed by atoms with Crippen LogP contribution in [0.2, 0.25) is 0 Å². The van der Waals surface area contributed by atoms with Crippen molar-refractivity contribution in [2.45, 2.75) is 6.92 Å². The Hall–Kier alpha value is -6.78. The Balaban J connectivity index is 1.04. The molecule has 0 aliphatic heterocycles. The fraction of sp³-hybridized carbons (Fsp3) is 0.0213. The molecule has 0 bridgehead atoms. The summed E-state index contributed by atoms with van der Waals surface area (Å²) < 4.78 is 0. The first kappa shape index (κ1) is 30.3. The van der Waals surface area contributed by atoms with E-state index in [2.05, 4.69) is 128 Å². The van der Waals surface area contributed by atoms with Crippen LogP contribution in [0.15, 0.2) is 176 Å². The second-order valence-electron chi connectivity index (χ2n) is 12.8. The lowest BCUT2D eigenvalue weighted by Crippen LogP contribution is -1.96. The lowest BCUT2D eigenvalue weighted by Gasteiger charge is -2.11. The van der Waals surface area contributed by atoms with Crippen LogP contribution in [0, 0.1) is 6.92 Å². The average Bonchev–Trinajstić information content (AvgIpc) is 3.21. The maximum Gasteiger partial charge on any atom is 0.160 e. The maximum atomic E-state index is 5.20. The predicted octanol–water partition coefficient (Wildman–Crippen LogP) is 11.9. The van der Waals surface area contributed by atoms with Gasteiger partial charge in [0.1, 0.15) is 0 Å². The van der Waals surface area contributed by atoms with Gasteiger partial charge in [-0.2, -0.15) is 0 Å². The maximum absolute atomic E-state index is 5.20. The Morgan fingerprint density at radius 2 is 0.745 bits per heavy atom. The van der Waals surface area contributed by atoms with E-state index in [1.807, 2.05) is 54.6 Å². The number of hydrogen-bond donors (Lipinski definition) is 0. The average molecular weight is 653 g/mol. The number of pyridine rings is 2. The van der Waals surface area contributed by atoms with Crippen molar-refractivity contribution in [2.24, 2.45) is 0 Å². The highest BCUT2D eigenvalue weighted by molar-refractivity contribution is 6.05. The van der Waals surface area contributed by atoms with Crippen molar-refractivity contribution in [1.29, 1.82) is 0 Å². The summed E-state index contributed by atoms with van der Waals surface area (Å²) in [6.07, 6.45) is 0. The van der Waals surface area contributed by atoms with Gasteiger partial charge in [0, 0.05) is 38.6 Å². The quantitative estimate of drug-likeness (QED) is 0.168. The molecule has 0 aliphatic carbocycles. The van der Waals surface area contributed by atoms with E-state index >= 15 is 0 Å². The van der Waals surface area contributed by atoms with Crippen LogP contribution in [-0.4, -0.2) is 19.9 Å². The fourth-order valence-corrected chi connectivity index (χ4v) is 6.69. The predicted molar refractivity (Wildman–Crippen MR) is 210 cm³/mol. The van der Waals surface area contributed by atoms with Gasteiger partial charge >= 0.3 is 0 Å². The zero-order valence-corrected chi connectivity index (χ0v) is 28.0. The summed E-state index contributed by atoms with van der Waals surface area (Å²) >= 11 is 0. The first-order valence-corrected chi connectivity index (χ1v) is 17.1. The number of nitrogens with zero attached hydrogens (tertiary/aromatic N) is 4. The van der Waals surface area contributed by atoms with Crippen molar-refractivity contribution < 1.29 is 0 Å². The number of aryl methyl sites for hydroxylation is 1. The van der Waals surface area contributed by atoms with Crippen LogP contribution in [0.5, 0.6) is 0 Å². The Bertz CT molecular complexity index is 2600. The molecule has 0 radical (unpaired) electrons. The van der Waals surface area contributed by atoms with Crippen LogP contribution in [0.25, 0.3) is 89.4 Å². The lowest BCUT2D eigenvalue weighted by atomic mass is 9.99. The molecular formula is C47H32N4. The molecule has 9 rings (SSSR count). The van der Waals surface area contributed by atoms with Crippen molar-refractivity contribution in [3.05, 3.63) is 181 Å². The monoisotopic (exact) mass is 652 g/mol.